The van der Waals surface area contributed by atoms with Crippen LogP contribution in [-0.4, -0.2) is 28.9 Å². The van der Waals surface area contributed by atoms with Crippen LogP contribution < -0.4 is 11.1 Å². The summed E-state index contributed by atoms with van der Waals surface area (Å²) >= 11 is 0. The van der Waals surface area contributed by atoms with Gasteiger partial charge in [0.25, 0.3) is 5.91 Å². The Hall–Kier alpha value is -3.93. The van der Waals surface area contributed by atoms with Gasteiger partial charge in [-0.25, -0.2) is 4.79 Å². The third kappa shape index (κ3) is 5.07. The molecule has 0 fully saturated rings. The highest BCUT2D eigenvalue weighted by Crippen LogP contribution is 2.19. The first-order chi connectivity index (χ1) is 13.9. The van der Waals surface area contributed by atoms with Crippen LogP contribution in [0.1, 0.15) is 26.3 Å². The van der Waals surface area contributed by atoms with Gasteiger partial charge in [-0.05, 0) is 41.0 Å². The molecule has 0 bridgehead atoms. The number of carbonyl (C=O) groups excluding carboxylic acids is 2. The van der Waals surface area contributed by atoms with Gasteiger partial charge in [0.1, 0.15) is 6.04 Å². The van der Waals surface area contributed by atoms with E-state index >= 15 is 0 Å². The molecule has 146 valence electrons. The molecule has 6 heteroatoms. The molecule has 3 aromatic carbocycles. The van der Waals surface area contributed by atoms with E-state index in [2.05, 4.69) is 5.32 Å². The quantitative estimate of drug-likeness (QED) is 0.578. The van der Waals surface area contributed by atoms with Crippen LogP contribution in [0, 0.1) is 0 Å². The maximum absolute atomic E-state index is 12.5. The zero-order valence-corrected chi connectivity index (χ0v) is 15.5. The van der Waals surface area contributed by atoms with Crippen LogP contribution in [0.25, 0.3) is 11.1 Å². The molecule has 0 spiro atoms. The molecule has 6 nitrogen and oxygen atoms in total. The summed E-state index contributed by atoms with van der Waals surface area (Å²) in [5, 5.41) is 11.6. The van der Waals surface area contributed by atoms with Gasteiger partial charge in [-0.15, -0.1) is 0 Å². The van der Waals surface area contributed by atoms with Crippen LogP contribution in [0.3, 0.4) is 0 Å². The van der Waals surface area contributed by atoms with Crippen molar-refractivity contribution in [1.29, 1.82) is 0 Å². The number of aromatic carboxylic acids is 1. The van der Waals surface area contributed by atoms with Gasteiger partial charge >= 0.3 is 5.97 Å². The van der Waals surface area contributed by atoms with E-state index in [9.17, 15) is 14.4 Å². The number of hydrogen-bond acceptors (Lipinski definition) is 3. The molecular formula is C23H20N2O4. The normalized spacial score (nSPS) is 11.4. The lowest BCUT2D eigenvalue weighted by atomic mass is 10.0. The summed E-state index contributed by atoms with van der Waals surface area (Å²) in [6.07, 6.45) is 0.170. The smallest absolute Gasteiger partial charge is 0.335 e. The topological polar surface area (TPSA) is 109 Å². The number of carboxylic acid groups (broad SMARTS) is 1. The van der Waals surface area contributed by atoms with Crippen molar-refractivity contribution in [2.24, 2.45) is 5.73 Å². The van der Waals surface area contributed by atoms with E-state index in [-0.39, 0.29) is 12.0 Å². The number of carbonyl (C=O) groups is 3. The van der Waals surface area contributed by atoms with Gasteiger partial charge in [0.15, 0.2) is 0 Å². The molecule has 0 heterocycles. The molecule has 3 aromatic rings. The Labute approximate surface area is 168 Å². The highest BCUT2D eigenvalue weighted by molar-refractivity contribution is 5.97. The Morgan fingerprint density at radius 3 is 1.90 bits per heavy atom. The first-order valence-electron chi connectivity index (χ1n) is 9.02. The lowest BCUT2D eigenvalue weighted by molar-refractivity contribution is -0.119. The Bertz CT molecular complexity index is 1010. The fraction of sp³-hybridized carbons (Fsp3) is 0.0870. The van der Waals surface area contributed by atoms with Gasteiger partial charge in [-0.1, -0.05) is 54.6 Å². The fourth-order valence-electron chi connectivity index (χ4n) is 2.93. The number of carboxylic acids is 1. The van der Waals surface area contributed by atoms with Crippen LogP contribution >= 0.6 is 0 Å². The number of rotatable bonds is 7. The largest absolute Gasteiger partial charge is 0.478 e. The van der Waals surface area contributed by atoms with Crippen LogP contribution in [0.5, 0.6) is 0 Å². The lowest BCUT2D eigenvalue weighted by Gasteiger charge is -2.16. The zero-order valence-electron chi connectivity index (χ0n) is 15.5. The Morgan fingerprint density at radius 1 is 0.793 bits per heavy atom. The Kier molecular flexibility index (Phi) is 6.04. The number of amides is 2. The number of primary amides is 1. The third-order valence-electron chi connectivity index (χ3n) is 4.54. The van der Waals surface area contributed by atoms with E-state index < -0.39 is 23.8 Å². The second-order valence-electron chi connectivity index (χ2n) is 6.58. The van der Waals surface area contributed by atoms with E-state index in [0.29, 0.717) is 11.1 Å². The van der Waals surface area contributed by atoms with Crippen molar-refractivity contribution in [2.45, 2.75) is 12.5 Å². The lowest BCUT2D eigenvalue weighted by Crippen LogP contribution is -2.45. The van der Waals surface area contributed by atoms with Crippen molar-refractivity contribution in [2.75, 3.05) is 0 Å². The third-order valence-corrected chi connectivity index (χ3v) is 4.54. The number of benzene rings is 3. The number of hydrogen-bond donors (Lipinski definition) is 3. The summed E-state index contributed by atoms with van der Waals surface area (Å²) in [7, 11) is 0. The summed E-state index contributed by atoms with van der Waals surface area (Å²) in [6.45, 7) is 0. The highest BCUT2D eigenvalue weighted by atomic mass is 16.4. The Morgan fingerprint density at radius 2 is 1.34 bits per heavy atom. The molecule has 0 saturated carbocycles. The van der Waals surface area contributed by atoms with Crippen LogP contribution in [0.2, 0.25) is 0 Å². The summed E-state index contributed by atoms with van der Waals surface area (Å²) in [5.41, 5.74) is 8.71. The summed E-state index contributed by atoms with van der Waals surface area (Å²) < 4.78 is 0. The monoisotopic (exact) mass is 388 g/mol. The van der Waals surface area contributed by atoms with Crippen LogP contribution in [-0.2, 0) is 11.2 Å². The summed E-state index contributed by atoms with van der Waals surface area (Å²) in [4.78, 5) is 35.3. The van der Waals surface area contributed by atoms with Crippen molar-refractivity contribution in [1.82, 2.24) is 5.32 Å². The molecule has 0 aromatic heterocycles. The minimum Gasteiger partial charge on any atom is -0.478 e. The molecule has 1 atom stereocenters. The highest BCUT2D eigenvalue weighted by Gasteiger charge is 2.20. The van der Waals surface area contributed by atoms with Gasteiger partial charge in [-0.2, -0.15) is 0 Å². The second kappa shape index (κ2) is 8.84. The average molecular weight is 388 g/mol. The summed E-state index contributed by atoms with van der Waals surface area (Å²) in [5.74, 6) is -2.10. The first kappa shape index (κ1) is 19.8. The number of nitrogens with one attached hydrogen (secondary N) is 1. The zero-order chi connectivity index (χ0) is 20.8. The van der Waals surface area contributed by atoms with Gasteiger partial charge in [-0.3, -0.25) is 9.59 Å². The SMILES string of the molecule is NC(=O)[C@@H](Cc1ccc(C(=O)O)cc1)NC(=O)c1ccc(-c2ccccc2)cc1. The molecule has 4 N–H and O–H groups in total. The molecule has 0 aliphatic carbocycles. The van der Waals surface area contributed by atoms with Crippen molar-refractivity contribution >= 4 is 17.8 Å². The Balaban J connectivity index is 1.69. The summed E-state index contributed by atoms with van der Waals surface area (Å²) in [6, 6.07) is 22.0. The van der Waals surface area contributed by atoms with Gasteiger partial charge < -0.3 is 16.2 Å². The molecule has 0 aliphatic heterocycles. The van der Waals surface area contributed by atoms with Crippen molar-refractivity contribution < 1.29 is 19.5 Å². The molecule has 0 saturated heterocycles. The van der Waals surface area contributed by atoms with Crippen LogP contribution in [0.15, 0.2) is 78.9 Å². The average Bonchev–Trinajstić information content (AvgIpc) is 2.74. The second-order valence-corrected chi connectivity index (χ2v) is 6.58. The minimum atomic E-state index is -1.03. The van der Waals surface area contributed by atoms with E-state index in [1.54, 1.807) is 24.3 Å². The molecule has 2 amide bonds. The van der Waals surface area contributed by atoms with Crippen molar-refractivity contribution in [3.8, 4) is 11.1 Å². The molecule has 3 rings (SSSR count). The van der Waals surface area contributed by atoms with E-state index in [0.717, 1.165) is 11.1 Å². The predicted molar refractivity (Wildman–Crippen MR) is 109 cm³/mol. The standard InChI is InChI=1S/C23H20N2O4/c24-21(26)20(14-15-6-8-19(9-7-15)23(28)29)25-22(27)18-12-10-17(11-13-18)16-4-2-1-3-5-16/h1-13,20H,14H2,(H2,24,26)(H,25,27)(H,28,29)/t20-/m1/s1. The van der Waals surface area contributed by atoms with E-state index in [1.165, 1.54) is 12.1 Å². The predicted octanol–water partition coefficient (Wildman–Crippen LogP) is 2.88. The maximum Gasteiger partial charge on any atom is 0.335 e. The molecule has 0 aliphatic rings. The molecule has 0 unspecified atom stereocenters. The van der Waals surface area contributed by atoms with Gasteiger partial charge in [0.2, 0.25) is 5.91 Å². The maximum atomic E-state index is 12.5. The van der Waals surface area contributed by atoms with Crippen molar-refractivity contribution in [3.05, 3.63) is 95.6 Å². The van der Waals surface area contributed by atoms with E-state index in [4.69, 9.17) is 10.8 Å². The molecular weight excluding hydrogens is 368 g/mol. The first-order valence-corrected chi connectivity index (χ1v) is 9.02. The van der Waals surface area contributed by atoms with Gasteiger partial charge in [0.05, 0.1) is 5.56 Å². The van der Waals surface area contributed by atoms with E-state index in [1.807, 2.05) is 42.5 Å². The number of nitrogens with two attached hydrogens (primary N) is 1. The van der Waals surface area contributed by atoms with Gasteiger partial charge in [0, 0.05) is 12.0 Å². The fourth-order valence-corrected chi connectivity index (χ4v) is 2.93. The minimum absolute atomic E-state index is 0.145. The van der Waals surface area contributed by atoms with Crippen LogP contribution in [0.4, 0.5) is 0 Å². The molecule has 29 heavy (non-hydrogen) atoms. The molecule has 0 radical (unpaired) electrons. The van der Waals surface area contributed by atoms with Crippen molar-refractivity contribution in [3.63, 3.8) is 0 Å².